The Morgan fingerprint density at radius 2 is 0.892 bits per heavy atom. The molecule has 1 aliphatic rings. The van der Waals surface area contributed by atoms with Gasteiger partial charge in [-0.25, -0.2) is 4.98 Å². The van der Waals surface area contributed by atoms with Crippen LogP contribution in [0, 0.1) is 0 Å². The van der Waals surface area contributed by atoms with Gasteiger partial charge in [0.05, 0.1) is 33.5 Å². The lowest BCUT2D eigenvalue weighted by Gasteiger charge is -2.23. The van der Waals surface area contributed by atoms with Gasteiger partial charge in [-0.1, -0.05) is 178 Å². The van der Waals surface area contributed by atoms with Crippen LogP contribution in [0.2, 0.25) is 0 Å². The van der Waals surface area contributed by atoms with Crippen molar-refractivity contribution in [2.24, 2.45) is 0 Å². The van der Waals surface area contributed by atoms with Crippen molar-refractivity contribution in [1.29, 1.82) is 0 Å². The molecule has 0 radical (unpaired) electrons. The summed E-state index contributed by atoms with van der Waals surface area (Å²) >= 11 is 0. The van der Waals surface area contributed by atoms with E-state index in [0.717, 1.165) is 39.5 Å². The minimum absolute atomic E-state index is 0.213. The molecule has 0 saturated carbocycles. The molecule has 3 nitrogen and oxygen atoms in total. The Morgan fingerprint density at radius 1 is 0.354 bits per heavy atom. The summed E-state index contributed by atoms with van der Waals surface area (Å²) in [6.07, 6.45) is 0. The van der Waals surface area contributed by atoms with E-state index in [0.29, 0.717) is 0 Å². The molecule has 306 valence electrons. The highest BCUT2D eigenvalue weighted by molar-refractivity contribution is 6.22. The molecule has 0 fully saturated rings. The lowest BCUT2D eigenvalue weighted by atomic mass is 9.81. The fourth-order valence-electron chi connectivity index (χ4n) is 10.8. The molecule has 1 aliphatic carbocycles. The number of pyridine rings is 1. The molecule has 3 heterocycles. The van der Waals surface area contributed by atoms with E-state index < -0.39 is 0 Å². The van der Waals surface area contributed by atoms with Crippen LogP contribution in [0.5, 0.6) is 0 Å². The van der Waals surface area contributed by atoms with Crippen molar-refractivity contribution < 1.29 is 0 Å². The van der Waals surface area contributed by atoms with Gasteiger partial charge < -0.3 is 9.13 Å². The fourth-order valence-corrected chi connectivity index (χ4v) is 10.8. The van der Waals surface area contributed by atoms with Crippen molar-refractivity contribution in [3.05, 3.63) is 236 Å². The predicted molar refractivity (Wildman–Crippen MR) is 272 cm³/mol. The highest BCUT2D eigenvalue weighted by Crippen LogP contribution is 2.55. The summed E-state index contributed by atoms with van der Waals surface area (Å²) in [6.45, 7) is 4.79. The summed E-state index contributed by atoms with van der Waals surface area (Å²) in [4.78, 5) is 5.28. The zero-order valence-electron chi connectivity index (χ0n) is 36.2. The van der Waals surface area contributed by atoms with Crippen LogP contribution in [-0.2, 0) is 5.41 Å². The van der Waals surface area contributed by atoms with Gasteiger partial charge in [-0.3, -0.25) is 0 Å². The van der Waals surface area contributed by atoms with Crippen LogP contribution in [0.15, 0.2) is 224 Å². The number of para-hydroxylation sites is 3. The van der Waals surface area contributed by atoms with Crippen molar-refractivity contribution >= 4 is 43.6 Å². The van der Waals surface area contributed by atoms with Crippen LogP contribution in [0.3, 0.4) is 0 Å². The van der Waals surface area contributed by atoms with E-state index >= 15 is 0 Å². The number of rotatable bonds is 6. The number of hydrogen-bond donors (Lipinski definition) is 0. The summed E-state index contributed by atoms with van der Waals surface area (Å²) in [5.41, 5.74) is 21.1. The smallest absolute Gasteiger partial charge is 0.0715 e. The quantitative estimate of drug-likeness (QED) is 0.164. The van der Waals surface area contributed by atoms with Gasteiger partial charge in [0, 0.05) is 55.0 Å². The highest BCUT2D eigenvalue weighted by atomic mass is 15.0. The fraction of sp³-hybridized carbons (Fsp3) is 0.0484. The second-order valence-corrected chi connectivity index (χ2v) is 17.9. The van der Waals surface area contributed by atoms with Gasteiger partial charge >= 0.3 is 0 Å². The van der Waals surface area contributed by atoms with Crippen molar-refractivity contribution in [1.82, 2.24) is 14.1 Å². The molecule has 65 heavy (non-hydrogen) atoms. The first-order chi connectivity index (χ1) is 32.0. The van der Waals surface area contributed by atoms with Gasteiger partial charge in [-0.05, 0) is 99.6 Å². The average Bonchev–Trinajstić information content (AvgIpc) is 3.97. The first-order valence-electron chi connectivity index (χ1n) is 22.5. The maximum atomic E-state index is 5.28. The van der Waals surface area contributed by atoms with Crippen LogP contribution in [0.25, 0.3) is 111 Å². The topological polar surface area (TPSA) is 22.8 Å². The zero-order chi connectivity index (χ0) is 43.2. The molecule has 0 bridgehead atoms. The maximum absolute atomic E-state index is 5.28. The molecule has 9 aromatic carbocycles. The molecule has 0 spiro atoms. The van der Waals surface area contributed by atoms with E-state index in [2.05, 4.69) is 247 Å². The third-order valence-electron chi connectivity index (χ3n) is 13.9. The van der Waals surface area contributed by atoms with Gasteiger partial charge in [0.15, 0.2) is 0 Å². The van der Waals surface area contributed by atoms with Gasteiger partial charge in [0.1, 0.15) is 0 Å². The third-order valence-corrected chi connectivity index (χ3v) is 13.9. The number of nitrogens with zero attached hydrogens (tertiary/aromatic N) is 3. The molecule has 3 heteroatoms. The lowest BCUT2D eigenvalue weighted by molar-refractivity contribution is 0.661. The Bertz CT molecular complexity index is 3760. The Balaban J connectivity index is 1.06. The highest BCUT2D eigenvalue weighted by Gasteiger charge is 2.39. The second kappa shape index (κ2) is 14.4. The number of fused-ring (bicyclic) bond motifs is 10. The Hall–Kier alpha value is -8.27. The van der Waals surface area contributed by atoms with Gasteiger partial charge in [0.2, 0.25) is 0 Å². The Kier molecular flexibility index (Phi) is 8.25. The summed E-state index contributed by atoms with van der Waals surface area (Å²) in [5.74, 6) is 0. The van der Waals surface area contributed by atoms with E-state index in [1.165, 1.54) is 82.6 Å². The number of hydrogen-bond acceptors (Lipinski definition) is 1. The predicted octanol–water partition coefficient (Wildman–Crippen LogP) is 16.3. The molecular weight excluding hydrogens is 787 g/mol. The molecule has 0 amide bonds. The average molecular weight is 830 g/mol. The summed E-state index contributed by atoms with van der Waals surface area (Å²) in [6, 6.07) is 81.8. The van der Waals surface area contributed by atoms with Crippen LogP contribution >= 0.6 is 0 Å². The molecular formula is C62H43N3. The summed E-state index contributed by atoms with van der Waals surface area (Å²) < 4.78 is 4.95. The molecule has 0 unspecified atom stereocenters. The maximum Gasteiger partial charge on any atom is 0.0715 e. The van der Waals surface area contributed by atoms with E-state index in [1.54, 1.807) is 0 Å². The molecule has 0 atom stereocenters. The largest absolute Gasteiger partial charge is 0.309 e. The van der Waals surface area contributed by atoms with Gasteiger partial charge in [-0.2, -0.15) is 0 Å². The van der Waals surface area contributed by atoms with Crippen molar-refractivity contribution in [2.45, 2.75) is 19.3 Å². The monoisotopic (exact) mass is 829 g/mol. The SMILES string of the molecule is CC1(C)c2ccccc2-c2c1cc(-c1ccc3c4ccccc4n(-c4ccccc4)c3c1)c1c3ccccc3n(-c3ccc(-c4cc(-c5ccccc5)cc(-c5ccccc5)n4)cc3)c21. The van der Waals surface area contributed by atoms with E-state index in [1.807, 2.05) is 0 Å². The zero-order valence-corrected chi connectivity index (χ0v) is 36.2. The summed E-state index contributed by atoms with van der Waals surface area (Å²) in [7, 11) is 0. The second-order valence-electron chi connectivity index (χ2n) is 17.9. The van der Waals surface area contributed by atoms with E-state index in [4.69, 9.17) is 4.98 Å². The van der Waals surface area contributed by atoms with Gasteiger partial charge in [-0.15, -0.1) is 0 Å². The van der Waals surface area contributed by atoms with Gasteiger partial charge in [0.25, 0.3) is 0 Å². The Labute approximate surface area is 378 Å². The van der Waals surface area contributed by atoms with Crippen LogP contribution in [0.4, 0.5) is 0 Å². The molecule has 0 aliphatic heterocycles. The van der Waals surface area contributed by atoms with Crippen molar-refractivity contribution in [3.8, 4) is 67.3 Å². The molecule has 0 saturated heterocycles. The van der Waals surface area contributed by atoms with Crippen molar-refractivity contribution in [3.63, 3.8) is 0 Å². The molecule has 13 rings (SSSR count). The number of benzene rings is 9. The lowest BCUT2D eigenvalue weighted by Crippen LogP contribution is -2.15. The normalized spacial score (nSPS) is 12.9. The molecule has 3 aromatic heterocycles. The third kappa shape index (κ3) is 5.72. The first-order valence-corrected chi connectivity index (χ1v) is 22.5. The summed E-state index contributed by atoms with van der Waals surface area (Å²) in [5, 5.41) is 5.01. The standard InChI is InChI=1S/C62H43N3/c1-62(2)52-27-15-12-25-49(52)60-53(62)39-51(43-32-35-48-47-24-13-16-28-56(47)64(58(48)38-43)45-22-10-5-11-23-45)59-50-26-14-17-29-57(50)65(61(59)60)46-33-30-42(31-34-46)55-37-44(40-18-6-3-7-19-40)36-54(63-55)41-20-8-4-9-21-41/h3-39H,1-2H3. The molecule has 12 aromatic rings. The first kappa shape index (κ1) is 37.3. The van der Waals surface area contributed by atoms with E-state index in [-0.39, 0.29) is 5.41 Å². The van der Waals surface area contributed by atoms with Crippen molar-refractivity contribution in [2.75, 3.05) is 0 Å². The Morgan fingerprint density at radius 3 is 1.62 bits per heavy atom. The van der Waals surface area contributed by atoms with Crippen LogP contribution in [-0.4, -0.2) is 14.1 Å². The molecule has 0 N–H and O–H groups in total. The van der Waals surface area contributed by atoms with Crippen LogP contribution < -0.4 is 0 Å². The minimum Gasteiger partial charge on any atom is -0.309 e. The number of aromatic nitrogens is 3. The van der Waals surface area contributed by atoms with E-state index in [9.17, 15) is 0 Å². The minimum atomic E-state index is -0.213. The van der Waals surface area contributed by atoms with Crippen LogP contribution in [0.1, 0.15) is 25.0 Å².